The molecule has 0 saturated carbocycles. The summed E-state index contributed by atoms with van der Waals surface area (Å²) >= 11 is 0. The maximum atomic E-state index is 13.1. The second kappa shape index (κ2) is 6.70. The van der Waals surface area contributed by atoms with Gasteiger partial charge < -0.3 is 14.8 Å². The van der Waals surface area contributed by atoms with Crippen LogP contribution in [-0.2, 0) is 0 Å². The van der Waals surface area contributed by atoms with Crippen LogP contribution in [0.1, 0.15) is 44.0 Å². The third kappa shape index (κ3) is 2.98. The number of furan rings is 1. The molecule has 0 aliphatic heterocycles. The van der Waals surface area contributed by atoms with Crippen LogP contribution in [0.25, 0.3) is 5.57 Å². The standard InChI is InChI=1S/C22H17NO4/c1-13-11-12-17(27-13)22(26)23-19-18(14-7-3-2-4-8-14)20(24)15-9-5-6-10-16(15)21(19)25/h2-12,22-23,26H,1H3. The summed E-state index contributed by atoms with van der Waals surface area (Å²) in [4.78, 5) is 26.2. The molecule has 0 radical (unpaired) electrons. The average Bonchev–Trinajstić information content (AvgIpc) is 3.13. The van der Waals surface area contributed by atoms with Gasteiger partial charge in [0.05, 0.1) is 11.3 Å². The number of benzene rings is 2. The first-order valence-corrected chi connectivity index (χ1v) is 8.55. The van der Waals surface area contributed by atoms with Crippen molar-refractivity contribution in [2.24, 2.45) is 0 Å². The zero-order chi connectivity index (χ0) is 19.0. The Labute approximate surface area is 156 Å². The van der Waals surface area contributed by atoms with Gasteiger partial charge in [0.2, 0.25) is 5.78 Å². The van der Waals surface area contributed by atoms with E-state index >= 15 is 0 Å². The number of carbonyl (C=O) groups excluding carboxylic acids is 2. The Morgan fingerprint density at radius 1 is 0.852 bits per heavy atom. The third-order valence-electron chi connectivity index (χ3n) is 4.49. The van der Waals surface area contributed by atoms with E-state index in [9.17, 15) is 14.7 Å². The lowest BCUT2D eigenvalue weighted by molar-refractivity contribution is 0.0930. The molecule has 2 aromatic carbocycles. The van der Waals surface area contributed by atoms with Gasteiger partial charge in [-0.2, -0.15) is 0 Å². The Bertz CT molecular complexity index is 1060. The van der Waals surface area contributed by atoms with E-state index in [1.165, 1.54) is 0 Å². The van der Waals surface area contributed by atoms with Gasteiger partial charge in [0.15, 0.2) is 17.8 Å². The van der Waals surface area contributed by atoms with E-state index in [2.05, 4.69) is 5.32 Å². The Morgan fingerprint density at radius 3 is 2.11 bits per heavy atom. The predicted molar refractivity (Wildman–Crippen MR) is 100 cm³/mol. The van der Waals surface area contributed by atoms with E-state index in [1.807, 2.05) is 6.07 Å². The molecule has 5 nitrogen and oxygen atoms in total. The molecular formula is C22H17NO4. The van der Waals surface area contributed by atoms with Gasteiger partial charge in [0.1, 0.15) is 5.76 Å². The highest BCUT2D eigenvalue weighted by molar-refractivity contribution is 6.40. The molecule has 1 heterocycles. The van der Waals surface area contributed by atoms with Crippen molar-refractivity contribution in [1.82, 2.24) is 5.32 Å². The molecule has 1 aromatic heterocycles. The molecular weight excluding hydrogens is 342 g/mol. The summed E-state index contributed by atoms with van der Waals surface area (Å²) < 4.78 is 5.43. The van der Waals surface area contributed by atoms with Gasteiger partial charge in [-0.3, -0.25) is 9.59 Å². The number of hydrogen-bond acceptors (Lipinski definition) is 5. The first-order chi connectivity index (χ1) is 13.1. The van der Waals surface area contributed by atoms with Crippen molar-refractivity contribution < 1.29 is 19.1 Å². The molecule has 1 aliphatic carbocycles. The molecule has 0 fully saturated rings. The number of nitrogens with one attached hydrogen (secondary N) is 1. The van der Waals surface area contributed by atoms with Gasteiger partial charge in [0, 0.05) is 11.1 Å². The maximum Gasteiger partial charge on any atom is 0.210 e. The van der Waals surface area contributed by atoms with Crippen LogP contribution < -0.4 is 5.32 Å². The monoisotopic (exact) mass is 359 g/mol. The first kappa shape index (κ1) is 17.0. The zero-order valence-corrected chi connectivity index (χ0v) is 14.6. The minimum atomic E-state index is -1.26. The average molecular weight is 359 g/mol. The van der Waals surface area contributed by atoms with Crippen LogP contribution >= 0.6 is 0 Å². The molecule has 0 amide bonds. The molecule has 1 atom stereocenters. The number of allylic oxidation sites excluding steroid dienone is 2. The summed E-state index contributed by atoms with van der Waals surface area (Å²) in [6.45, 7) is 1.76. The number of fused-ring (bicyclic) bond motifs is 1. The predicted octanol–water partition coefficient (Wildman–Crippen LogP) is 3.66. The van der Waals surface area contributed by atoms with Crippen LogP contribution in [0.3, 0.4) is 0 Å². The molecule has 0 saturated heterocycles. The molecule has 0 bridgehead atoms. The van der Waals surface area contributed by atoms with Crippen LogP contribution in [0.5, 0.6) is 0 Å². The molecule has 134 valence electrons. The van der Waals surface area contributed by atoms with Crippen molar-refractivity contribution in [3.05, 3.63) is 101 Å². The van der Waals surface area contributed by atoms with Gasteiger partial charge in [-0.15, -0.1) is 0 Å². The maximum absolute atomic E-state index is 13.1. The number of ketones is 2. The summed E-state index contributed by atoms with van der Waals surface area (Å²) in [5, 5.41) is 13.3. The first-order valence-electron chi connectivity index (χ1n) is 8.55. The van der Waals surface area contributed by atoms with E-state index in [0.29, 0.717) is 22.5 Å². The molecule has 2 N–H and O–H groups in total. The van der Waals surface area contributed by atoms with Crippen LogP contribution in [-0.4, -0.2) is 16.7 Å². The lowest BCUT2D eigenvalue weighted by Gasteiger charge is -2.24. The number of Topliss-reactive ketones (excluding diaryl/α,β-unsaturated/α-hetero) is 2. The molecule has 0 spiro atoms. The summed E-state index contributed by atoms with van der Waals surface area (Å²) in [5.74, 6) is 0.305. The van der Waals surface area contributed by atoms with Crippen LogP contribution in [0.15, 0.2) is 76.8 Å². The van der Waals surface area contributed by atoms with Crippen molar-refractivity contribution in [1.29, 1.82) is 0 Å². The minimum absolute atomic E-state index is 0.0615. The summed E-state index contributed by atoms with van der Waals surface area (Å²) in [6.07, 6.45) is -1.26. The number of rotatable bonds is 4. The largest absolute Gasteiger partial charge is 0.462 e. The lowest BCUT2D eigenvalue weighted by Crippen LogP contribution is -2.32. The van der Waals surface area contributed by atoms with Gasteiger partial charge in [-0.25, -0.2) is 0 Å². The number of carbonyl (C=O) groups is 2. The van der Waals surface area contributed by atoms with E-state index in [4.69, 9.17) is 4.42 Å². The van der Waals surface area contributed by atoms with Crippen LogP contribution in [0.2, 0.25) is 0 Å². The van der Waals surface area contributed by atoms with E-state index < -0.39 is 6.23 Å². The van der Waals surface area contributed by atoms with E-state index in [1.54, 1.807) is 67.6 Å². The minimum Gasteiger partial charge on any atom is -0.462 e. The fourth-order valence-corrected chi connectivity index (χ4v) is 3.20. The molecule has 3 aromatic rings. The topological polar surface area (TPSA) is 79.5 Å². The number of aryl methyl sites for hydroxylation is 1. The SMILES string of the molecule is Cc1ccc(C(O)NC2=C(c3ccccc3)C(=O)c3ccccc3C2=O)o1. The van der Waals surface area contributed by atoms with Gasteiger partial charge in [0.25, 0.3) is 0 Å². The summed E-state index contributed by atoms with van der Waals surface area (Å²) in [7, 11) is 0. The fraction of sp³-hybridized carbons (Fsp3) is 0.0909. The molecule has 5 heteroatoms. The number of aliphatic hydroxyl groups excluding tert-OH is 1. The van der Waals surface area contributed by atoms with Crippen LogP contribution in [0, 0.1) is 6.92 Å². The zero-order valence-electron chi connectivity index (χ0n) is 14.6. The van der Waals surface area contributed by atoms with E-state index in [0.717, 1.165) is 0 Å². The van der Waals surface area contributed by atoms with Crippen molar-refractivity contribution >= 4 is 17.1 Å². The van der Waals surface area contributed by atoms with Gasteiger partial charge >= 0.3 is 0 Å². The van der Waals surface area contributed by atoms with Crippen molar-refractivity contribution in [3.63, 3.8) is 0 Å². The number of hydrogen-bond donors (Lipinski definition) is 2. The van der Waals surface area contributed by atoms with Gasteiger partial charge in [-0.1, -0.05) is 54.6 Å². The highest BCUT2D eigenvalue weighted by Gasteiger charge is 2.34. The summed E-state index contributed by atoms with van der Waals surface area (Å²) in [5.41, 5.74) is 1.58. The molecule has 27 heavy (non-hydrogen) atoms. The molecule has 4 rings (SSSR count). The Kier molecular flexibility index (Phi) is 4.22. The Hall–Kier alpha value is -3.44. The second-order valence-electron chi connectivity index (χ2n) is 6.32. The van der Waals surface area contributed by atoms with Crippen molar-refractivity contribution in [2.75, 3.05) is 0 Å². The van der Waals surface area contributed by atoms with Crippen molar-refractivity contribution in [3.8, 4) is 0 Å². The van der Waals surface area contributed by atoms with Crippen LogP contribution in [0.4, 0.5) is 0 Å². The second-order valence-corrected chi connectivity index (χ2v) is 6.32. The Balaban J connectivity index is 1.84. The lowest BCUT2D eigenvalue weighted by atomic mass is 9.84. The molecule has 1 unspecified atom stereocenters. The van der Waals surface area contributed by atoms with Gasteiger partial charge in [-0.05, 0) is 24.6 Å². The number of aliphatic hydroxyl groups is 1. The molecule has 1 aliphatic rings. The smallest absolute Gasteiger partial charge is 0.210 e. The van der Waals surface area contributed by atoms with Crippen molar-refractivity contribution in [2.45, 2.75) is 13.2 Å². The normalized spacial score (nSPS) is 14.9. The summed E-state index contributed by atoms with van der Waals surface area (Å²) in [6, 6.07) is 19.0. The van der Waals surface area contributed by atoms with E-state index in [-0.39, 0.29) is 28.6 Å². The highest BCUT2D eigenvalue weighted by Crippen LogP contribution is 2.32. The fourth-order valence-electron chi connectivity index (χ4n) is 3.20. The quantitative estimate of drug-likeness (QED) is 0.695. The third-order valence-corrected chi connectivity index (χ3v) is 4.49. The Morgan fingerprint density at radius 2 is 1.48 bits per heavy atom. The highest BCUT2D eigenvalue weighted by atomic mass is 16.4.